The Morgan fingerprint density at radius 1 is 1.41 bits per heavy atom. The Morgan fingerprint density at radius 2 is 2.24 bits per heavy atom. The predicted octanol–water partition coefficient (Wildman–Crippen LogP) is 2.00. The summed E-state index contributed by atoms with van der Waals surface area (Å²) in [6.45, 7) is 0.130. The van der Waals surface area contributed by atoms with Crippen molar-refractivity contribution < 1.29 is 9.18 Å². The third-order valence-corrected chi connectivity index (χ3v) is 2.58. The average Bonchev–Trinajstić information content (AvgIpc) is 2.81. The molecule has 17 heavy (non-hydrogen) atoms. The Hall–Kier alpha value is -2.02. The molecule has 0 radical (unpaired) electrons. The molecule has 1 aromatic heterocycles. The smallest absolute Gasteiger partial charge is 0.320 e. The number of hydrogen-bond acceptors (Lipinski definition) is 4. The van der Waals surface area contributed by atoms with Gasteiger partial charge in [-0.05, 0) is 6.07 Å². The summed E-state index contributed by atoms with van der Waals surface area (Å²) in [4.78, 5) is 11.4. The molecule has 88 valence electrons. The van der Waals surface area contributed by atoms with Crippen molar-refractivity contribution in [2.75, 3.05) is 5.32 Å². The van der Waals surface area contributed by atoms with E-state index in [0.717, 1.165) is 11.5 Å². The summed E-state index contributed by atoms with van der Waals surface area (Å²) >= 11 is 1.07. The van der Waals surface area contributed by atoms with Gasteiger partial charge in [-0.25, -0.2) is 9.18 Å². The Kier molecular flexibility index (Phi) is 3.61. The van der Waals surface area contributed by atoms with Crippen LogP contribution in [0.4, 0.5) is 14.2 Å². The number of aromatic nitrogens is 2. The number of carbonyl (C=O) groups is 1. The highest BCUT2D eigenvalue weighted by Gasteiger charge is 2.05. The quantitative estimate of drug-likeness (QED) is 0.878. The van der Waals surface area contributed by atoms with Gasteiger partial charge in [0.1, 0.15) is 10.8 Å². The molecule has 1 heterocycles. The Labute approximate surface area is 101 Å². The zero-order valence-corrected chi connectivity index (χ0v) is 9.50. The Balaban J connectivity index is 1.86. The number of carbonyl (C=O) groups excluding carboxylic acids is 1. The third kappa shape index (κ3) is 3.22. The molecule has 0 aliphatic rings. The highest BCUT2D eigenvalue weighted by Crippen LogP contribution is 2.09. The summed E-state index contributed by atoms with van der Waals surface area (Å²) in [6.07, 6.45) is 1.44. The second-order valence-corrected chi connectivity index (χ2v) is 3.97. The molecule has 2 aromatic rings. The van der Waals surface area contributed by atoms with Crippen molar-refractivity contribution >= 4 is 22.6 Å². The van der Waals surface area contributed by atoms with Crippen LogP contribution >= 0.6 is 11.5 Å². The number of hydrogen-bond donors (Lipinski definition) is 2. The predicted molar refractivity (Wildman–Crippen MR) is 62.2 cm³/mol. The van der Waals surface area contributed by atoms with E-state index >= 15 is 0 Å². The molecule has 0 aliphatic heterocycles. The molecular weight excluding hydrogens is 243 g/mol. The van der Waals surface area contributed by atoms with Crippen molar-refractivity contribution in [3.63, 3.8) is 0 Å². The molecule has 0 saturated heterocycles. The summed E-state index contributed by atoms with van der Waals surface area (Å²) < 4.78 is 16.8. The van der Waals surface area contributed by atoms with Crippen molar-refractivity contribution in [1.82, 2.24) is 14.9 Å². The van der Waals surface area contributed by atoms with Crippen LogP contribution in [0.5, 0.6) is 0 Å². The number of amides is 2. The summed E-state index contributed by atoms with van der Waals surface area (Å²) in [5, 5.41) is 9.18. The molecule has 2 amide bonds. The van der Waals surface area contributed by atoms with E-state index in [1.54, 1.807) is 18.2 Å². The standard InChI is InChI=1S/C10H9FN4OS/c11-8-4-2-1-3-7(8)5-12-10(16)14-9-6-13-15-17-9/h1-4,6H,5H2,(H2,12,14,16). The van der Waals surface area contributed by atoms with Crippen LogP contribution in [0, 0.1) is 5.82 Å². The molecule has 1 aromatic carbocycles. The number of urea groups is 1. The van der Waals surface area contributed by atoms with Crippen LogP contribution in [0.1, 0.15) is 5.56 Å². The lowest BCUT2D eigenvalue weighted by Crippen LogP contribution is -2.28. The van der Waals surface area contributed by atoms with Crippen molar-refractivity contribution in [1.29, 1.82) is 0 Å². The highest BCUT2D eigenvalue weighted by atomic mass is 32.1. The fourth-order valence-electron chi connectivity index (χ4n) is 1.20. The third-order valence-electron chi connectivity index (χ3n) is 2.00. The van der Waals surface area contributed by atoms with Gasteiger partial charge in [0.25, 0.3) is 0 Å². The SMILES string of the molecule is O=C(NCc1ccccc1F)Nc1cnns1. The van der Waals surface area contributed by atoms with Gasteiger partial charge in [0.15, 0.2) is 0 Å². The van der Waals surface area contributed by atoms with E-state index in [9.17, 15) is 9.18 Å². The normalized spacial score (nSPS) is 9.94. The van der Waals surface area contributed by atoms with E-state index in [1.807, 2.05) is 0 Å². The molecular formula is C10H9FN4OS. The van der Waals surface area contributed by atoms with E-state index in [0.29, 0.717) is 10.6 Å². The number of nitrogens with one attached hydrogen (secondary N) is 2. The van der Waals surface area contributed by atoms with Crippen molar-refractivity contribution in [3.05, 3.63) is 41.8 Å². The summed E-state index contributed by atoms with van der Waals surface area (Å²) in [5.74, 6) is -0.341. The molecule has 0 spiro atoms. The fraction of sp³-hybridized carbons (Fsp3) is 0.100. The largest absolute Gasteiger partial charge is 0.334 e. The van der Waals surface area contributed by atoms with Crippen LogP contribution in [0.25, 0.3) is 0 Å². The van der Waals surface area contributed by atoms with Gasteiger partial charge in [-0.2, -0.15) is 0 Å². The van der Waals surface area contributed by atoms with Crippen molar-refractivity contribution in [3.8, 4) is 0 Å². The van der Waals surface area contributed by atoms with Gasteiger partial charge in [0.2, 0.25) is 0 Å². The van der Waals surface area contributed by atoms with Gasteiger partial charge in [0.05, 0.1) is 6.20 Å². The first-order chi connectivity index (χ1) is 8.25. The lowest BCUT2D eigenvalue weighted by Gasteiger charge is -2.06. The average molecular weight is 252 g/mol. The maximum Gasteiger partial charge on any atom is 0.320 e. The monoisotopic (exact) mass is 252 g/mol. The molecule has 0 atom stereocenters. The molecule has 0 saturated carbocycles. The van der Waals surface area contributed by atoms with Gasteiger partial charge in [-0.15, -0.1) is 5.10 Å². The van der Waals surface area contributed by atoms with Gasteiger partial charge in [-0.3, -0.25) is 5.32 Å². The first-order valence-electron chi connectivity index (χ1n) is 4.81. The number of halogens is 1. The first-order valence-corrected chi connectivity index (χ1v) is 5.58. The molecule has 7 heteroatoms. The molecule has 0 bridgehead atoms. The molecule has 0 unspecified atom stereocenters. The van der Waals surface area contributed by atoms with E-state index < -0.39 is 6.03 Å². The van der Waals surface area contributed by atoms with Crippen LogP contribution < -0.4 is 10.6 Å². The summed E-state index contributed by atoms with van der Waals surface area (Å²) in [5.41, 5.74) is 0.435. The molecule has 0 fully saturated rings. The lowest BCUT2D eigenvalue weighted by molar-refractivity contribution is 0.251. The second-order valence-electron chi connectivity index (χ2n) is 3.18. The van der Waals surface area contributed by atoms with Crippen LogP contribution in [0.15, 0.2) is 30.5 Å². The van der Waals surface area contributed by atoms with E-state index in [1.165, 1.54) is 12.3 Å². The van der Waals surface area contributed by atoms with Crippen LogP contribution in [0.2, 0.25) is 0 Å². The van der Waals surface area contributed by atoms with Gasteiger partial charge >= 0.3 is 6.03 Å². The van der Waals surface area contributed by atoms with Gasteiger partial charge in [0, 0.05) is 23.6 Å². The minimum absolute atomic E-state index is 0.130. The van der Waals surface area contributed by atoms with Crippen LogP contribution in [-0.2, 0) is 6.54 Å². The minimum Gasteiger partial charge on any atom is -0.334 e. The lowest BCUT2D eigenvalue weighted by atomic mass is 10.2. The van der Waals surface area contributed by atoms with E-state index in [-0.39, 0.29) is 12.4 Å². The van der Waals surface area contributed by atoms with Gasteiger partial charge < -0.3 is 5.32 Å². The summed E-state index contributed by atoms with van der Waals surface area (Å²) in [7, 11) is 0. The molecule has 2 N–H and O–H groups in total. The van der Waals surface area contributed by atoms with Crippen LogP contribution in [0.3, 0.4) is 0 Å². The van der Waals surface area contributed by atoms with E-state index in [2.05, 4.69) is 20.2 Å². The molecule has 0 aliphatic carbocycles. The Bertz CT molecular complexity index is 503. The number of rotatable bonds is 3. The van der Waals surface area contributed by atoms with Gasteiger partial charge in [-0.1, -0.05) is 22.7 Å². The first kappa shape index (κ1) is 11.5. The minimum atomic E-state index is -0.417. The van der Waals surface area contributed by atoms with Crippen LogP contribution in [-0.4, -0.2) is 15.6 Å². The van der Waals surface area contributed by atoms with Crippen molar-refractivity contribution in [2.24, 2.45) is 0 Å². The highest BCUT2D eigenvalue weighted by molar-refractivity contribution is 7.10. The number of nitrogens with zero attached hydrogens (tertiary/aromatic N) is 2. The molecule has 5 nitrogen and oxygen atoms in total. The maximum atomic E-state index is 13.2. The fourth-order valence-corrected chi connectivity index (χ4v) is 1.61. The Morgan fingerprint density at radius 3 is 2.94 bits per heavy atom. The summed E-state index contributed by atoms with van der Waals surface area (Å²) in [6, 6.07) is 5.86. The number of anilines is 1. The van der Waals surface area contributed by atoms with Crippen molar-refractivity contribution in [2.45, 2.75) is 6.54 Å². The second kappa shape index (κ2) is 5.35. The number of benzene rings is 1. The zero-order chi connectivity index (χ0) is 12.1. The van der Waals surface area contributed by atoms with E-state index in [4.69, 9.17) is 0 Å². The zero-order valence-electron chi connectivity index (χ0n) is 8.68. The molecule has 2 rings (SSSR count). The topological polar surface area (TPSA) is 66.9 Å². The maximum absolute atomic E-state index is 13.2.